The van der Waals surface area contributed by atoms with Crippen molar-refractivity contribution in [2.45, 2.75) is 32.0 Å². The lowest BCUT2D eigenvalue weighted by Gasteiger charge is -2.34. The largest absolute Gasteiger partial charge is 0.394 e. The van der Waals surface area contributed by atoms with Crippen molar-refractivity contribution in [3.8, 4) is 0 Å². The zero-order valence-corrected chi connectivity index (χ0v) is 13.3. The van der Waals surface area contributed by atoms with E-state index in [-0.39, 0.29) is 12.7 Å². The SMILES string of the molecule is C[C@H](O)c1ccc(N2CCC(OCCO)CC2)c(Br)c1. The summed E-state index contributed by atoms with van der Waals surface area (Å²) in [5.41, 5.74) is 2.08. The van der Waals surface area contributed by atoms with E-state index in [1.54, 1.807) is 6.92 Å². The number of aliphatic hydroxyl groups excluding tert-OH is 2. The van der Waals surface area contributed by atoms with Crippen molar-refractivity contribution in [3.05, 3.63) is 28.2 Å². The van der Waals surface area contributed by atoms with Gasteiger partial charge in [-0.2, -0.15) is 0 Å². The Morgan fingerprint density at radius 2 is 2.10 bits per heavy atom. The Bertz CT molecular complexity index is 431. The van der Waals surface area contributed by atoms with Gasteiger partial charge in [-0.1, -0.05) is 6.07 Å². The number of halogens is 1. The highest BCUT2D eigenvalue weighted by Crippen LogP contribution is 2.31. The van der Waals surface area contributed by atoms with Crippen LogP contribution in [-0.2, 0) is 4.74 Å². The lowest BCUT2D eigenvalue weighted by molar-refractivity contribution is 0.0159. The van der Waals surface area contributed by atoms with Crippen molar-refractivity contribution < 1.29 is 14.9 Å². The molecule has 112 valence electrons. The van der Waals surface area contributed by atoms with Gasteiger partial charge in [0.2, 0.25) is 0 Å². The summed E-state index contributed by atoms with van der Waals surface area (Å²) in [7, 11) is 0. The summed E-state index contributed by atoms with van der Waals surface area (Å²) in [5, 5.41) is 18.4. The van der Waals surface area contributed by atoms with Crippen molar-refractivity contribution in [3.63, 3.8) is 0 Å². The summed E-state index contributed by atoms with van der Waals surface area (Å²) in [6, 6.07) is 6.01. The predicted octanol–water partition coefficient (Wildman–Crippen LogP) is 2.48. The Kier molecular flexibility index (Phi) is 5.84. The fourth-order valence-corrected chi connectivity index (χ4v) is 3.17. The number of hydrogen-bond donors (Lipinski definition) is 2. The van der Waals surface area contributed by atoms with E-state index in [1.807, 2.05) is 12.1 Å². The minimum atomic E-state index is -0.446. The molecule has 0 amide bonds. The van der Waals surface area contributed by atoms with Gasteiger partial charge >= 0.3 is 0 Å². The second-order valence-corrected chi connectivity index (χ2v) is 6.02. The van der Waals surface area contributed by atoms with Crippen LogP contribution in [0.5, 0.6) is 0 Å². The molecular weight excluding hydrogens is 322 g/mol. The lowest BCUT2D eigenvalue weighted by atomic mass is 10.1. The van der Waals surface area contributed by atoms with Crippen LogP contribution in [0, 0.1) is 0 Å². The van der Waals surface area contributed by atoms with E-state index in [9.17, 15) is 5.11 Å². The molecule has 1 aromatic rings. The quantitative estimate of drug-likeness (QED) is 0.862. The number of rotatable bonds is 5. The van der Waals surface area contributed by atoms with Crippen LogP contribution in [0.3, 0.4) is 0 Å². The first-order valence-electron chi connectivity index (χ1n) is 7.06. The van der Waals surface area contributed by atoms with Gasteiger partial charge < -0.3 is 19.8 Å². The first kappa shape index (κ1) is 15.8. The standard InChI is InChI=1S/C15H22BrNO3/c1-11(19)12-2-3-15(14(16)10-12)17-6-4-13(5-7-17)20-9-8-18/h2-3,10-11,13,18-19H,4-9H2,1H3/t11-/m0/s1. The predicted molar refractivity (Wildman–Crippen MR) is 83.0 cm³/mol. The summed E-state index contributed by atoms with van der Waals surface area (Å²) in [6.07, 6.45) is 1.77. The minimum Gasteiger partial charge on any atom is -0.394 e. The van der Waals surface area contributed by atoms with Crippen LogP contribution in [0.4, 0.5) is 5.69 Å². The normalized spacial score (nSPS) is 18.3. The molecule has 1 aliphatic rings. The molecule has 0 aliphatic carbocycles. The molecule has 1 heterocycles. The van der Waals surface area contributed by atoms with Crippen molar-refractivity contribution in [1.29, 1.82) is 0 Å². The van der Waals surface area contributed by atoms with Crippen LogP contribution in [0.15, 0.2) is 22.7 Å². The Morgan fingerprint density at radius 1 is 1.40 bits per heavy atom. The summed E-state index contributed by atoms with van der Waals surface area (Å²) in [4.78, 5) is 2.33. The number of nitrogens with zero attached hydrogens (tertiary/aromatic N) is 1. The molecule has 1 aliphatic heterocycles. The van der Waals surface area contributed by atoms with E-state index in [2.05, 4.69) is 26.9 Å². The Hall–Kier alpha value is -0.620. The molecule has 1 fully saturated rings. The Labute approximate surface area is 128 Å². The molecule has 20 heavy (non-hydrogen) atoms. The molecule has 1 atom stereocenters. The van der Waals surface area contributed by atoms with Crippen molar-refractivity contribution in [1.82, 2.24) is 0 Å². The van der Waals surface area contributed by atoms with E-state index in [0.717, 1.165) is 41.7 Å². The van der Waals surface area contributed by atoms with Crippen molar-refractivity contribution in [2.24, 2.45) is 0 Å². The monoisotopic (exact) mass is 343 g/mol. The van der Waals surface area contributed by atoms with E-state index >= 15 is 0 Å². The molecule has 0 spiro atoms. The highest BCUT2D eigenvalue weighted by atomic mass is 79.9. The third-order valence-corrected chi connectivity index (χ3v) is 4.32. The maximum Gasteiger partial charge on any atom is 0.0762 e. The molecule has 0 saturated carbocycles. The molecule has 5 heteroatoms. The maximum atomic E-state index is 9.60. The van der Waals surface area contributed by atoms with Crippen LogP contribution in [0.1, 0.15) is 31.4 Å². The van der Waals surface area contributed by atoms with Gasteiger partial charge in [-0.25, -0.2) is 0 Å². The van der Waals surface area contributed by atoms with E-state index in [4.69, 9.17) is 9.84 Å². The number of anilines is 1. The van der Waals surface area contributed by atoms with Crippen LogP contribution in [0.25, 0.3) is 0 Å². The number of benzene rings is 1. The molecule has 0 unspecified atom stereocenters. The highest BCUT2D eigenvalue weighted by molar-refractivity contribution is 9.10. The van der Waals surface area contributed by atoms with Crippen molar-refractivity contribution >= 4 is 21.6 Å². The minimum absolute atomic E-state index is 0.0898. The van der Waals surface area contributed by atoms with Gasteiger partial charge in [0, 0.05) is 17.6 Å². The summed E-state index contributed by atoms with van der Waals surface area (Å²) in [6.45, 7) is 4.18. The Balaban J connectivity index is 1.96. The lowest BCUT2D eigenvalue weighted by Crippen LogP contribution is -2.37. The smallest absolute Gasteiger partial charge is 0.0762 e. The fourth-order valence-electron chi connectivity index (χ4n) is 2.52. The molecule has 0 bridgehead atoms. The van der Waals surface area contributed by atoms with Gasteiger partial charge in [0.1, 0.15) is 0 Å². The number of hydrogen-bond acceptors (Lipinski definition) is 4. The van der Waals surface area contributed by atoms with E-state index in [0.29, 0.717) is 6.61 Å². The molecule has 0 aromatic heterocycles. The zero-order chi connectivity index (χ0) is 14.5. The third kappa shape index (κ3) is 3.95. The topological polar surface area (TPSA) is 52.9 Å². The molecule has 2 rings (SSSR count). The first-order chi connectivity index (χ1) is 9.61. The average molecular weight is 344 g/mol. The molecule has 0 radical (unpaired) electrons. The third-order valence-electron chi connectivity index (χ3n) is 3.68. The maximum absolute atomic E-state index is 9.60. The van der Waals surface area contributed by atoms with Crippen LogP contribution >= 0.6 is 15.9 Å². The second-order valence-electron chi connectivity index (χ2n) is 5.17. The van der Waals surface area contributed by atoms with Gasteiger partial charge in [-0.05, 0) is 53.4 Å². The molecule has 1 aromatic carbocycles. The number of ether oxygens (including phenoxy) is 1. The van der Waals surface area contributed by atoms with Crippen molar-refractivity contribution in [2.75, 3.05) is 31.2 Å². The van der Waals surface area contributed by atoms with Gasteiger partial charge in [0.15, 0.2) is 0 Å². The van der Waals surface area contributed by atoms with Gasteiger partial charge in [-0.3, -0.25) is 0 Å². The highest BCUT2D eigenvalue weighted by Gasteiger charge is 2.21. The second kappa shape index (κ2) is 7.41. The summed E-state index contributed by atoms with van der Waals surface area (Å²) < 4.78 is 6.59. The molecule has 2 N–H and O–H groups in total. The first-order valence-corrected chi connectivity index (χ1v) is 7.86. The fraction of sp³-hybridized carbons (Fsp3) is 0.600. The number of aliphatic hydroxyl groups is 2. The van der Waals surface area contributed by atoms with Crippen LogP contribution < -0.4 is 4.90 Å². The van der Waals surface area contributed by atoms with Gasteiger partial charge in [-0.15, -0.1) is 0 Å². The van der Waals surface area contributed by atoms with Crippen LogP contribution in [0.2, 0.25) is 0 Å². The molecule has 4 nitrogen and oxygen atoms in total. The summed E-state index contributed by atoms with van der Waals surface area (Å²) >= 11 is 3.59. The summed E-state index contributed by atoms with van der Waals surface area (Å²) in [5.74, 6) is 0. The van der Waals surface area contributed by atoms with Crippen LogP contribution in [-0.4, -0.2) is 42.6 Å². The molecule has 1 saturated heterocycles. The van der Waals surface area contributed by atoms with Gasteiger partial charge in [0.25, 0.3) is 0 Å². The average Bonchev–Trinajstić information content (AvgIpc) is 2.45. The van der Waals surface area contributed by atoms with E-state index < -0.39 is 6.10 Å². The Morgan fingerprint density at radius 3 is 2.65 bits per heavy atom. The van der Waals surface area contributed by atoms with Gasteiger partial charge in [0.05, 0.1) is 31.1 Å². The number of piperidine rings is 1. The van der Waals surface area contributed by atoms with E-state index in [1.165, 1.54) is 0 Å². The molecular formula is C15H22BrNO3. The zero-order valence-electron chi connectivity index (χ0n) is 11.8.